The molecule has 1 fully saturated rings. The fourth-order valence-corrected chi connectivity index (χ4v) is 4.76. The Morgan fingerprint density at radius 3 is 1.66 bits per heavy atom. The molecule has 2 aromatic carbocycles. The second-order valence-electron chi connectivity index (χ2n) is 14.8. The third kappa shape index (κ3) is 8.91. The molecular formula is C36H50O8. The number of hydrogen-bond acceptors (Lipinski definition) is 8. The molecule has 5 atom stereocenters. The van der Waals surface area contributed by atoms with E-state index in [0.29, 0.717) is 0 Å². The SMILES string of the molecule is Cc1cccc(C)c1[C@@H]1O[C@H](COC(=O)C(C)(C)C)[C@@H](OC(=O)C(C)(C)C)[C@H](OC(=O)C(C)(C)C)[C@H]1OCc1ccccc1. The largest absolute Gasteiger partial charge is 0.462 e. The topological polar surface area (TPSA) is 97.4 Å². The van der Waals surface area contributed by atoms with Gasteiger partial charge < -0.3 is 23.7 Å². The monoisotopic (exact) mass is 610 g/mol. The lowest BCUT2D eigenvalue weighted by atomic mass is 9.86. The third-order valence-electron chi connectivity index (χ3n) is 7.45. The normalized spacial score (nSPS) is 22.7. The molecular weight excluding hydrogens is 560 g/mol. The average molecular weight is 611 g/mol. The highest BCUT2D eigenvalue weighted by Crippen LogP contribution is 2.41. The Hall–Kier alpha value is -3.23. The minimum atomic E-state index is -1.12. The lowest BCUT2D eigenvalue weighted by Gasteiger charge is -2.47. The zero-order valence-corrected chi connectivity index (χ0v) is 28.2. The van der Waals surface area contributed by atoms with Gasteiger partial charge in [-0.25, -0.2) is 0 Å². The highest BCUT2D eigenvalue weighted by Gasteiger charge is 2.53. The molecule has 0 aromatic heterocycles. The van der Waals surface area contributed by atoms with Crippen LogP contribution in [0.2, 0.25) is 0 Å². The van der Waals surface area contributed by atoms with E-state index in [4.69, 9.17) is 23.7 Å². The summed E-state index contributed by atoms with van der Waals surface area (Å²) in [5, 5.41) is 0. The molecule has 2 aromatic rings. The van der Waals surface area contributed by atoms with Gasteiger partial charge >= 0.3 is 17.9 Å². The summed E-state index contributed by atoms with van der Waals surface area (Å²) in [6, 6.07) is 15.6. The van der Waals surface area contributed by atoms with Crippen molar-refractivity contribution in [2.45, 2.75) is 113 Å². The lowest BCUT2D eigenvalue weighted by molar-refractivity contribution is -0.265. The number of hydrogen-bond donors (Lipinski definition) is 0. The van der Waals surface area contributed by atoms with Crippen molar-refractivity contribution in [3.63, 3.8) is 0 Å². The van der Waals surface area contributed by atoms with Gasteiger partial charge in [-0.3, -0.25) is 14.4 Å². The van der Waals surface area contributed by atoms with E-state index < -0.39 is 64.7 Å². The quantitative estimate of drug-likeness (QED) is 0.237. The van der Waals surface area contributed by atoms with E-state index >= 15 is 0 Å². The van der Waals surface area contributed by atoms with Crippen LogP contribution in [0.15, 0.2) is 48.5 Å². The fourth-order valence-electron chi connectivity index (χ4n) is 4.76. The molecule has 1 heterocycles. The van der Waals surface area contributed by atoms with Gasteiger partial charge in [-0.1, -0.05) is 48.5 Å². The number of benzene rings is 2. The molecule has 0 spiro atoms. The van der Waals surface area contributed by atoms with Crippen LogP contribution in [0, 0.1) is 30.1 Å². The van der Waals surface area contributed by atoms with Gasteiger partial charge in [-0.15, -0.1) is 0 Å². The van der Waals surface area contributed by atoms with Crippen molar-refractivity contribution in [3.05, 3.63) is 70.8 Å². The summed E-state index contributed by atoms with van der Waals surface area (Å²) in [5.41, 5.74) is 1.21. The first kappa shape index (κ1) is 35.3. The molecule has 8 heteroatoms. The van der Waals surface area contributed by atoms with Crippen LogP contribution in [0.25, 0.3) is 0 Å². The molecule has 0 saturated carbocycles. The Morgan fingerprint density at radius 1 is 0.659 bits per heavy atom. The summed E-state index contributed by atoms with van der Waals surface area (Å²) in [6.45, 7) is 19.7. The van der Waals surface area contributed by atoms with Gasteiger partial charge in [0.25, 0.3) is 0 Å². The van der Waals surface area contributed by atoms with Crippen LogP contribution in [0.1, 0.15) is 90.7 Å². The smallest absolute Gasteiger partial charge is 0.311 e. The van der Waals surface area contributed by atoms with Crippen molar-refractivity contribution < 1.29 is 38.1 Å². The van der Waals surface area contributed by atoms with Gasteiger partial charge in [0, 0.05) is 0 Å². The predicted molar refractivity (Wildman–Crippen MR) is 168 cm³/mol. The first-order valence-electron chi connectivity index (χ1n) is 15.3. The van der Waals surface area contributed by atoms with Crippen molar-refractivity contribution in [1.29, 1.82) is 0 Å². The van der Waals surface area contributed by atoms with Crippen LogP contribution in [0.5, 0.6) is 0 Å². The van der Waals surface area contributed by atoms with Gasteiger partial charge in [0.05, 0.1) is 22.9 Å². The molecule has 8 nitrogen and oxygen atoms in total. The second-order valence-corrected chi connectivity index (χ2v) is 14.8. The van der Waals surface area contributed by atoms with Crippen LogP contribution in [-0.2, 0) is 44.7 Å². The maximum atomic E-state index is 13.5. The van der Waals surface area contributed by atoms with Crippen molar-refractivity contribution >= 4 is 17.9 Å². The van der Waals surface area contributed by atoms with Crippen LogP contribution < -0.4 is 0 Å². The first-order valence-corrected chi connectivity index (χ1v) is 15.3. The van der Waals surface area contributed by atoms with E-state index in [9.17, 15) is 14.4 Å². The number of carbonyl (C=O) groups is 3. The van der Waals surface area contributed by atoms with Gasteiger partial charge in [-0.05, 0) is 98.4 Å². The standard InChI is InChI=1S/C36H50O8/c1-22-16-15-17-23(2)26(22)28-29(40-20-24-18-13-12-14-19-24)30(44-33(39)36(9,10)11)27(43-32(38)35(6,7)8)25(42-28)21-41-31(37)34(3,4)5/h12-19,25,27-30H,20-21H2,1-11H3/t25-,27-,28+,29+,30+/m1/s1. The Balaban J connectivity index is 2.19. The maximum Gasteiger partial charge on any atom is 0.311 e. The van der Waals surface area contributed by atoms with E-state index in [1.54, 1.807) is 62.3 Å². The Labute approximate surface area is 262 Å². The number of rotatable bonds is 8. The molecule has 0 aliphatic carbocycles. The summed E-state index contributed by atoms with van der Waals surface area (Å²) in [4.78, 5) is 39.8. The number of esters is 3. The number of aryl methyl sites for hydroxylation is 2. The molecule has 44 heavy (non-hydrogen) atoms. The molecule has 0 unspecified atom stereocenters. The van der Waals surface area contributed by atoms with Crippen LogP contribution in [0.3, 0.4) is 0 Å². The summed E-state index contributed by atoms with van der Waals surface area (Å²) in [5.74, 6) is -1.43. The van der Waals surface area contributed by atoms with E-state index in [1.165, 1.54) is 0 Å². The third-order valence-corrected chi connectivity index (χ3v) is 7.45. The summed E-state index contributed by atoms with van der Waals surface area (Å²) < 4.78 is 31.5. The molecule has 0 bridgehead atoms. The lowest BCUT2D eigenvalue weighted by Crippen LogP contribution is -2.60. The molecule has 1 aliphatic rings. The molecule has 0 radical (unpaired) electrons. The molecule has 0 N–H and O–H groups in total. The van der Waals surface area contributed by atoms with Gasteiger partial charge in [0.2, 0.25) is 0 Å². The minimum absolute atomic E-state index is 0.198. The Morgan fingerprint density at radius 2 is 1.16 bits per heavy atom. The zero-order chi connectivity index (χ0) is 33.0. The molecule has 242 valence electrons. The Kier molecular flexibility index (Phi) is 11.1. The Bertz CT molecular complexity index is 1280. The summed E-state index contributed by atoms with van der Waals surface area (Å²) >= 11 is 0. The summed E-state index contributed by atoms with van der Waals surface area (Å²) in [7, 11) is 0. The minimum Gasteiger partial charge on any atom is -0.462 e. The van der Waals surface area contributed by atoms with Gasteiger partial charge in [-0.2, -0.15) is 0 Å². The van der Waals surface area contributed by atoms with Crippen molar-refractivity contribution in [1.82, 2.24) is 0 Å². The number of ether oxygens (including phenoxy) is 5. The van der Waals surface area contributed by atoms with E-state index in [-0.39, 0.29) is 13.2 Å². The van der Waals surface area contributed by atoms with Gasteiger partial charge in [0.1, 0.15) is 24.9 Å². The van der Waals surface area contributed by atoms with E-state index in [1.807, 2.05) is 62.4 Å². The molecule has 3 rings (SSSR count). The van der Waals surface area contributed by atoms with Crippen LogP contribution in [-0.4, -0.2) is 48.9 Å². The van der Waals surface area contributed by atoms with Crippen molar-refractivity contribution in [2.24, 2.45) is 16.2 Å². The van der Waals surface area contributed by atoms with Crippen LogP contribution in [0.4, 0.5) is 0 Å². The summed E-state index contributed by atoms with van der Waals surface area (Å²) in [6.07, 6.45) is -4.75. The molecule has 0 amide bonds. The number of carbonyl (C=O) groups excluding carboxylic acids is 3. The highest BCUT2D eigenvalue weighted by atomic mass is 16.6. The van der Waals surface area contributed by atoms with Gasteiger partial charge in [0.15, 0.2) is 12.2 Å². The average Bonchev–Trinajstić information content (AvgIpc) is 2.91. The second kappa shape index (κ2) is 13.8. The molecule has 1 saturated heterocycles. The van der Waals surface area contributed by atoms with Crippen LogP contribution >= 0.6 is 0 Å². The zero-order valence-electron chi connectivity index (χ0n) is 28.2. The van der Waals surface area contributed by atoms with E-state index in [0.717, 1.165) is 22.3 Å². The van der Waals surface area contributed by atoms with Crippen molar-refractivity contribution in [3.8, 4) is 0 Å². The maximum absolute atomic E-state index is 13.5. The highest BCUT2D eigenvalue weighted by molar-refractivity contribution is 5.77. The first-order chi connectivity index (χ1) is 20.3. The molecule has 1 aliphatic heterocycles. The predicted octanol–water partition coefficient (Wildman–Crippen LogP) is 6.83. The van der Waals surface area contributed by atoms with Crippen molar-refractivity contribution in [2.75, 3.05) is 6.61 Å². The fraction of sp³-hybridized carbons (Fsp3) is 0.583. The van der Waals surface area contributed by atoms with E-state index in [2.05, 4.69) is 0 Å².